The Hall–Kier alpha value is -5.84. The van der Waals surface area contributed by atoms with Gasteiger partial charge in [-0.2, -0.15) is 0 Å². The number of anilines is 2. The van der Waals surface area contributed by atoms with E-state index in [4.69, 9.17) is 16.3 Å². The third kappa shape index (κ3) is 10.1. The lowest BCUT2D eigenvalue weighted by Gasteiger charge is -2.26. The Morgan fingerprint density at radius 1 is 0.772 bits per heavy atom. The minimum absolute atomic E-state index is 0.0463. The standard InChI is InChI=1S/C46H46ClN3O6S/c1-3-5-27-50(28-6-4-2)42-21-13-20-38-37(42)19-14-22-44(38)57(54,55)49-40-26-24-34(47)31-39(40)45(51)48-41(46(52)53)29-32-23-25-36(33-15-9-7-10-16-33)43(30-32)56-35-17-11-8-12-18-35/h7-26,30-31,41,49H,3-6,27-29H2,1-2H3,(H,48,51)(H,52,53)/t41-/m0/s1. The fourth-order valence-corrected chi connectivity index (χ4v) is 8.21. The molecule has 11 heteroatoms. The highest BCUT2D eigenvalue weighted by atomic mass is 35.5. The van der Waals surface area contributed by atoms with Crippen molar-refractivity contribution in [1.82, 2.24) is 5.32 Å². The number of para-hydroxylation sites is 1. The third-order valence-corrected chi connectivity index (χ3v) is 11.3. The molecular formula is C46H46ClN3O6S. The van der Waals surface area contributed by atoms with Gasteiger partial charge in [-0.15, -0.1) is 0 Å². The van der Waals surface area contributed by atoms with Crippen LogP contribution in [0.2, 0.25) is 5.02 Å². The van der Waals surface area contributed by atoms with Crippen molar-refractivity contribution in [3.63, 3.8) is 0 Å². The van der Waals surface area contributed by atoms with Crippen molar-refractivity contribution >= 4 is 55.6 Å². The van der Waals surface area contributed by atoms with Gasteiger partial charge in [0.2, 0.25) is 0 Å². The summed E-state index contributed by atoms with van der Waals surface area (Å²) in [5.74, 6) is -0.964. The second-order valence-electron chi connectivity index (χ2n) is 13.8. The molecule has 0 saturated heterocycles. The molecule has 0 aliphatic rings. The van der Waals surface area contributed by atoms with Gasteiger partial charge in [0.05, 0.1) is 16.1 Å². The van der Waals surface area contributed by atoms with E-state index in [2.05, 4.69) is 28.8 Å². The van der Waals surface area contributed by atoms with Crippen molar-refractivity contribution in [3.8, 4) is 22.6 Å². The van der Waals surface area contributed by atoms with Crippen LogP contribution in [0.15, 0.2) is 138 Å². The molecule has 6 aromatic rings. The SMILES string of the molecule is CCCCN(CCCC)c1cccc2c(S(=O)(=O)Nc3ccc(Cl)cc3C(=O)N[C@@H](Cc3ccc(-c4ccccc4)c(Oc4ccccc4)c3)C(=O)O)cccc12. The van der Waals surface area contributed by atoms with Crippen molar-refractivity contribution < 1.29 is 27.9 Å². The van der Waals surface area contributed by atoms with Crippen molar-refractivity contribution in [2.24, 2.45) is 0 Å². The van der Waals surface area contributed by atoms with Crippen LogP contribution < -0.4 is 19.7 Å². The largest absolute Gasteiger partial charge is 0.480 e. The van der Waals surface area contributed by atoms with Crippen LogP contribution in [0, 0.1) is 0 Å². The van der Waals surface area contributed by atoms with Gasteiger partial charge >= 0.3 is 5.97 Å². The minimum atomic E-state index is -4.26. The van der Waals surface area contributed by atoms with Gasteiger partial charge in [0, 0.05) is 46.6 Å². The number of sulfonamides is 1. The third-order valence-electron chi connectivity index (χ3n) is 9.67. The summed E-state index contributed by atoms with van der Waals surface area (Å²) in [5, 5.41) is 14.4. The molecule has 0 fully saturated rings. The van der Waals surface area contributed by atoms with Gasteiger partial charge in [-0.3, -0.25) is 9.52 Å². The van der Waals surface area contributed by atoms with E-state index in [0.29, 0.717) is 22.4 Å². The van der Waals surface area contributed by atoms with Crippen LogP contribution >= 0.6 is 11.6 Å². The molecule has 0 aromatic heterocycles. The summed E-state index contributed by atoms with van der Waals surface area (Å²) in [6.07, 6.45) is 4.00. The molecule has 0 bridgehead atoms. The van der Waals surface area contributed by atoms with Crippen molar-refractivity contribution in [2.75, 3.05) is 22.7 Å². The summed E-state index contributed by atoms with van der Waals surface area (Å²) in [7, 11) is -4.26. The molecule has 294 valence electrons. The van der Waals surface area contributed by atoms with E-state index in [1.165, 1.54) is 24.3 Å². The molecule has 0 saturated carbocycles. The quantitative estimate of drug-likeness (QED) is 0.0790. The van der Waals surface area contributed by atoms with E-state index >= 15 is 0 Å². The van der Waals surface area contributed by atoms with E-state index in [1.807, 2.05) is 84.9 Å². The summed E-state index contributed by atoms with van der Waals surface area (Å²) in [4.78, 5) is 28.9. The van der Waals surface area contributed by atoms with E-state index in [-0.39, 0.29) is 27.6 Å². The summed E-state index contributed by atoms with van der Waals surface area (Å²) >= 11 is 6.33. The number of hydrogen-bond donors (Lipinski definition) is 3. The van der Waals surface area contributed by atoms with E-state index in [0.717, 1.165) is 61.0 Å². The van der Waals surface area contributed by atoms with Crippen molar-refractivity contribution in [3.05, 3.63) is 150 Å². The fourth-order valence-electron chi connectivity index (χ4n) is 6.74. The maximum Gasteiger partial charge on any atom is 0.326 e. The van der Waals surface area contributed by atoms with Crippen LogP contribution in [0.3, 0.4) is 0 Å². The second-order valence-corrected chi connectivity index (χ2v) is 15.9. The van der Waals surface area contributed by atoms with Gasteiger partial charge in [0.1, 0.15) is 17.5 Å². The molecule has 0 heterocycles. The smallest absolute Gasteiger partial charge is 0.326 e. The number of hydrogen-bond acceptors (Lipinski definition) is 6. The first-order valence-corrected chi connectivity index (χ1v) is 21.0. The number of amides is 1. The molecule has 0 aliphatic heterocycles. The highest BCUT2D eigenvalue weighted by molar-refractivity contribution is 7.93. The maximum absolute atomic E-state index is 14.2. The molecule has 0 unspecified atom stereocenters. The molecule has 0 spiro atoms. The predicted octanol–water partition coefficient (Wildman–Crippen LogP) is 10.6. The summed E-state index contributed by atoms with van der Waals surface area (Å²) < 4.78 is 37.2. The molecule has 1 atom stereocenters. The zero-order chi connectivity index (χ0) is 40.4. The topological polar surface area (TPSA) is 125 Å². The number of carboxylic acids is 1. The number of unbranched alkanes of at least 4 members (excludes halogenated alkanes) is 2. The number of nitrogens with zero attached hydrogens (tertiary/aromatic N) is 1. The first-order chi connectivity index (χ1) is 27.6. The number of carboxylic acid groups (broad SMARTS) is 1. The number of fused-ring (bicyclic) bond motifs is 1. The summed E-state index contributed by atoms with van der Waals surface area (Å²) in [6, 6.07) is 38.0. The van der Waals surface area contributed by atoms with Crippen molar-refractivity contribution in [2.45, 2.75) is 56.9 Å². The number of aliphatic carboxylic acids is 1. The average Bonchev–Trinajstić information content (AvgIpc) is 3.21. The van der Waals surface area contributed by atoms with Gasteiger partial charge in [-0.1, -0.05) is 123 Å². The molecule has 0 aliphatic carbocycles. The van der Waals surface area contributed by atoms with Gasteiger partial charge in [0.25, 0.3) is 15.9 Å². The monoisotopic (exact) mass is 803 g/mol. The lowest BCUT2D eigenvalue weighted by molar-refractivity contribution is -0.139. The lowest BCUT2D eigenvalue weighted by Crippen LogP contribution is -2.42. The van der Waals surface area contributed by atoms with Crippen LogP contribution in [0.25, 0.3) is 21.9 Å². The summed E-state index contributed by atoms with van der Waals surface area (Å²) in [6.45, 7) is 6.00. The van der Waals surface area contributed by atoms with E-state index in [9.17, 15) is 23.1 Å². The predicted molar refractivity (Wildman–Crippen MR) is 229 cm³/mol. The Balaban J connectivity index is 1.27. The molecule has 6 rings (SSSR count). The fraction of sp³-hybridized carbons (Fsp3) is 0.217. The van der Waals surface area contributed by atoms with E-state index < -0.39 is 27.9 Å². The first-order valence-electron chi connectivity index (χ1n) is 19.1. The Labute approximate surface area is 339 Å². The number of carbonyl (C=O) groups excluding carboxylic acids is 1. The van der Waals surface area contributed by atoms with Crippen LogP contribution in [0.1, 0.15) is 55.5 Å². The molecule has 9 nitrogen and oxygen atoms in total. The molecule has 57 heavy (non-hydrogen) atoms. The average molecular weight is 804 g/mol. The maximum atomic E-state index is 14.2. The van der Waals surface area contributed by atoms with Crippen molar-refractivity contribution in [1.29, 1.82) is 0 Å². The minimum Gasteiger partial charge on any atom is -0.480 e. The Morgan fingerprint density at radius 3 is 2.12 bits per heavy atom. The number of carbonyl (C=O) groups is 2. The normalized spacial score (nSPS) is 11.8. The Morgan fingerprint density at radius 2 is 1.44 bits per heavy atom. The van der Waals surface area contributed by atoms with Gasteiger partial charge < -0.3 is 20.1 Å². The zero-order valence-electron chi connectivity index (χ0n) is 32.0. The lowest BCUT2D eigenvalue weighted by atomic mass is 9.99. The van der Waals surface area contributed by atoms with E-state index in [1.54, 1.807) is 24.3 Å². The van der Waals surface area contributed by atoms with Crippen LogP contribution in [0.5, 0.6) is 11.5 Å². The van der Waals surface area contributed by atoms with Gasteiger partial charge in [-0.25, -0.2) is 13.2 Å². The highest BCUT2D eigenvalue weighted by Crippen LogP contribution is 2.36. The van der Waals surface area contributed by atoms with Crippen LogP contribution in [0.4, 0.5) is 11.4 Å². The van der Waals surface area contributed by atoms with Gasteiger partial charge in [-0.05, 0) is 72.5 Å². The molecule has 3 N–H and O–H groups in total. The molecular weight excluding hydrogens is 758 g/mol. The highest BCUT2D eigenvalue weighted by Gasteiger charge is 2.26. The zero-order valence-corrected chi connectivity index (χ0v) is 33.5. The first kappa shape index (κ1) is 40.8. The second kappa shape index (κ2) is 18.9. The number of ether oxygens (including phenoxy) is 1. The van der Waals surface area contributed by atoms with Crippen LogP contribution in [-0.2, 0) is 21.2 Å². The Bertz CT molecular complexity index is 2440. The summed E-state index contributed by atoms with van der Waals surface area (Å²) in [5.41, 5.74) is 3.11. The molecule has 1 amide bonds. The molecule has 0 radical (unpaired) electrons. The van der Waals surface area contributed by atoms with Gasteiger partial charge in [0.15, 0.2) is 0 Å². The number of rotatable bonds is 18. The number of halogens is 1. The van der Waals surface area contributed by atoms with Crippen LogP contribution in [-0.4, -0.2) is 44.5 Å². The Kier molecular flexibility index (Phi) is 13.5. The number of nitrogens with one attached hydrogen (secondary N) is 2. The number of benzene rings is 6. The molecule has 6 aromatic carbocycles.